The summed E-state index contributed by atoms with van der Waals surface area (Å²) >= 11 is 0. The monoisotopic (exact) mass is 418 g/mol. The van der Waals surface area contributed by atoms with Gasteiger partial charge in [-0.2, -0.15) is 0 Å². The topological polar surface area (TPSA) is 55.6 Å². The molecule has 0 N–H and O–H groups in total. The molecule has 3 aliphatic rings. The predicted octanol–water partition coefficient (Wildman–Crippen LogP) is 6.02. The molecule has 1 saturated heterocycles. The number of methoxy groups -OCH3 is 1. The van der Waals surface area contributed by atoms with Crippen molar-refractivity contribution in [2.24, 2.45) is 11.3 Å². The van der Waals surface area contributed by atoms with Crippen molar-refractivity contribution in [3.05, 3.63) is 69.3 Å². The summed E-state index contributed by atoms with van der Waals surface area (Å²) in [6.07, 6.45) is 5.75. The largest absolute Gasteiger partial charge is 0.497 e. The number of nitrogens with zero attached hydrogens (tertiary/aromatic N) is 2. The van der Waals surface area contributed by atoms with E-state index in [1.165, 1.54) is 29.5 Å². The molecule has 5 heteroatoms. The number of ether oxygens (including phenoxy) is 1. The molecule has 5 rings (SSSR count). The maximum absolute atomic E-state index is 11.1. The van der Waals surface area contributed by atoms with Crippen LogP contribution in [-0.4, -0.2) is 24.6 Å². The van der Waals surface area contributed by atoms with Crippen molar-refractivity contribution in [1.29, 1.82) is 0 Å². The molecule has 2 bridgehead atoms. The van der Waals surface area contributed by atoms with Crippen LogP contribution in [0.3, 0.4) is 0 Å². The van der Waals surface area contributed by atoms with Crippen LogP contribution in [0.1, 0.15) is 50.7 Å². The lowest BCUT2D eigenvalue weighted by molar-refractivity contribution is -0.384. The van der Waals surface area contributed by atoms with E-state index >= 15 is 0 Å². The molecule has 2 aromatic carbocycles. The summed E-state index contributed by atoms with van der Waals surface area (Å²) in [7, 11) is 1.73. The molecular weight excluding hydrogens is 388 g/mol. The lowest BCUT2D eigenvalue weighted by atomic mass is 9.61. The van der Waals surface area contributed by atoms with Crippen LogP contribution in [0.25, 0.3) is 5.57 Å². The first kappa shape index (κ1) is 20.1. The Labute approximate surface area is 183 Å². The van der Waals surface area contributed by atoms with Gasteiger partial charge in [0.05, 0.1) is 18.1 Å². The van der Waals surface area contributed by atoms with Crippen molar-refractivity contribution in [1.82, 2.24) is 0 Å². The third-order valence-corrected chi connectivity index (χ3v) is 7.74. The molecule has 162 valence electrons. The number of nitro benzene ring substituents is 1. The maximum Gasteiger partial charge on any atom is 0.269 e. The number of nitro groups is 1. The summed E-state index contributed by atoms with van der Waals surface area (Å²) in [6, 6.07) is 14.0. The fourth-order valence-electron chi connectivity index (χ4n) is 6.39. The van der Waals surface area contributed by atoms with E-state index in [0.717, 1.165) is 37.2 Å². The van der Waals surface area contributed by atoms with E-state index in [4.69, 9.17) is 4.74 Å². The molecule has 0 saturated carbocycles. The van der Waals surface area contributed by atoms with E-state index in [-0.39, 0.29) is 16.0 Å². The van der Waals surface area contributed by atoms with E-state index in [9.17, 15) is 10.1 Å². The van der Waals surface area contributed by atoms with Gasteiger partial charge in [-0.25, -0.2) is 0 Å². The smallest absolute Gasteiger partial charge is 0.269 e. The summed E-state index contributed by atoms with van der Waals surface area (Å²) in [6.45, 7) is 5.75. The fraction of sp³-hybridized carbons (Fsp3) is 0.462. The molecule has 2 aliphatic carbocycles. The van der Waals surface area contributed by atoms with Gasteiger partial charge < -0.3 is 9.64 Å². The normalized spacial score (nSPS) is 26.5. The Bertz CT molecular complexity index is 1060. The number of aryl methyl sites for hydroxylation is 1. The molecule has 1 fully saturated rings. The lowest BCUT2D eigenvalue weighted by Gasteiger charge is -2.43. The number of anilines is 1. The number of hydrogen-bond acceptors (Lipinski definition) is 4. The summed E-state index contributed by atoms with van der Waals surface area (Å²) < 4.78 is 5.49. The van der Waals surface area contributed by atoms with Gasteiger partial charge in [-0.05, 0) is 78.0 Å². The third-order valence-electron chi connectivity index (χ3n) is 7.74. The molecule has 0 aromatic heterocycles. The van der Waals surface area contributed by atoms with Crippen LogP contribution in [0.2, 0.25) is 0 Å². The molecule has 31 heavy (non-hydrogen) atoms. The quantitative estimate of drug-likeness (QED) is 0.440. The van der Waals surface area contributed by atoms with Crippen molar-refractivity contribution in [2.75, 3.05) is 18.6 Å². The Morgan fingerprint density at radius 3 is 2.65 bits per heavy atom. The number of allylic oxidation sites excluding steroid dienone is 1. The highest BCUT2D eigenvalue weighted by molar-refractivity contribution is 5.82. The van der Waals surface area contributed by atoms with Gasteiger partial charge in [-0.1, -0.05) is 31.9 Å². The summed E-state index contributed by atoms with van der Waals surface area (Å²) in [5.74, 6) is 1.52. The van der Waals surface area contributed by atoms with Gasteiger partial charge in [0.15, 0.2) is 0 Å². The molecule has 0 spiro atoms. The molecule has 1 aliphatic heterocycles. The Hall–Kier alpha value is -2.82. The SMILES string of the molecule is CCC[C@H]1C2=C(c3ccc(OC)cc3CC2)[C@H]2C[C@]1(C)CN2c1ccc([N+](=O)[O-])cc1. The molecule has 0 unspecified atom stereocenters. The number of rotatable bonds is 5. The van der Waals surface area contributed by atoms with Crippen LogP contribution in [0.15, 0.2) is 48.0 Å². The molecular formula is C26H30N2O3. The van der Waals surface area contributed by atoms with Gasteiger partial charge in [0.25, 0.3) is 5.69 Å². The first-order valence-electron chi connectivity index (χ1n) is 11.4. The van der Waals surface area contributed by atoms with Crippen LogP contribution in [0.4, 0.5) is 11.4 Å². The van der Waals surface area contributed by atoms with E-state index in [1.54, 1.807) is 24.8 Å². The van der Waals surface area contributed by atoms with E-state index < -0.39 is 0 Å². The van der Waals surface area contributed by atoms with Crippen molar-refractivity contribution in [3.63, 3.8) is 0 Å². The summed E-state index contributed by atoms with van der Waals surface area (Å²) in [5, 5.41) is 11.1. The van der Waals surface area contributed by atoms with Crippen LogP contribution < -0.4 is 9.64 Å². The van der Waals surface area contributed by atoms with E-state index in [2.05, 4.69) is 36.9 Å². The minimum absolute atomic E-state index is 0.149. The number of benzene rings is 2. The minimum atomic E-state index is -0.323. The van der Waals surface area contributed by atoms with E-state index in [1.807, 2.05) is 12.1 Å². The van der Waals surface area contributed by atoms with Crippen LogP contribution in [-0.2, 0) is 6.42 Å². The van der Waals surface area contributed by atoms with Gasteiger partial charge in [0.1, 0.15) is 5.75 Å². The zero-order valence-electron chi connectivity index (χ0n) is 18.6. The predicted molar refractivity (Wildman–Crippen MR) is 124 cm³/mol. The van der Waals surface area contributed by atoms with Gasteiger partial charge >= 0.3 is 0 Å². The van der Waals surface area contributed by atoms with Crippen LogP contribution in [0.5, 0.6) is 5.75 Å². The highest BCUT2D eigenvalue weighted by Crippen LogP contribution is 2.58. The highest BCUT2D eigenvalue weighted by Gasteiger charge is 2.53. The molecule has 0 amide bonds. The summed E-state index contributed by atoms with van der Waals surface area (Å²) in [5.41, 5.74) is 7.40. The van der Waals surface area contributed by atoms with Crippen molar-refractivity contribution in [3.8, 4) is 5.75 Å². The average molecular weight is 419 g/mol. The number of fused-ring (bicyclic) bond motifs is 5. The molecule has 3 atom stereocenters. The zero-order chi connectivity index (χ0) is 21.8. The second-order valence-electron chi connectivity index (χ2n) is 9.58. The fourth-order valence-corrected chi connectivity index (χ4v) is 6.39. The van der Waals surface area contributed by atoms with Gasteiger partial charge in [0, 0.05) is 24.4 Å². The Morgan fingerprint density at radius 2 is 1.97 bits per heavy atom. The molecule has 5 nitrogen and oxygen atoms in total. The van der Waals surface area contributed by atoms with Gasteiger partial charge in [-0.15, -0.1) is 0 Å². The molecule has 1 heterocycles. The standard InChI is InChI=1S/C26H30N2O3/c1-4-5-23-22-12-6-17-14-20(31-3)11-13-21(17)25(22)24-15-26(23,2)16-27(24)18-7-9-19(10-8-18)28(29)30/h7-11,13-14,23-24H,4-6,12,15-16H2,1-3H3/t23-,24+,26+/m0/s1. The first-order valence-corrected chi connectivity index (χ1v) is 11.4. The summed E-state index contributed by atoms with van der Waals surface area (Å²) in [4.78, 5) is 13.3. The number of hydrogen-bond donors (Lipinski definition) is 0. The molecule has 0 radical (unpaired) electrons. The first-order chi connectivity index (χ1) is 14.9. The van der Waals surface area contributed by atoms with Crippen LogP contribution >= 0.6 is 0 Å². The lowest BCUT2D eigenvalue weighted by Crippen LogP contribution is -2.35. The zero-order valence-corrected chi connectivity index (χ0v) is 18.6. The van der Waals surface area contributed by atoms with Gasteiger partial charge in [-0.3, -0.25) is 10.1 Å². The van der Waals surface area contributed by atoms with E-state index in [0.29, 0.717) is 12.0 Å². The third kappa shape index (κ3) is 3.13. The maximum atomic E-state index is 11.1. The Kier molecular flexibility index (Phi) is 4.80. The van der Waals surface area contributed by atoms with Crippen molar-refractivity contribution >= 4 is 16.9 Å². The average Bonchev–Trinajstić information content (AvgIpc) is 3.09. The second-order valence-corrected chi connectivity index (χ2v) is 9.58. The van der Waals surface area contributed by atoms with Crippen molar-refractivity contribution < 1.29 is 9.66 Å². The second kappa shape index (κ2) is 7.40. The highest BCUT2D eigenvalue weighted by atomic mass is 16.6. The molecule has 2 aromatic rings. The minimum Gasteiger partial charge on any atom is -0.497 e. The number of non-ortho nitro benzene ring substituents is 1. The Balaban J connectivity index is 1.62. The Morgan fingerprint density at radius 1 is 1.19 bits per heavy atom. The van der Waals surface area contributed by atoms with Crippen LogP contribution in [0, 0.1) is 21.4 Å². The van der Waals surface area contributed by atoms with Crippen molar-refractivity contribution in [2.45, 2.75) is 52.0 Å². The van der Waals surface area contributed by atoms with Gasteiger partial charge in [0.2, 0.25) is 0 Å².